The molecule has 2 aromatic rings. The third kappa shape index (κ3) is 5.07. The van der Waals surface area contributed by atoms with Crippen molar-refractivity contribution in [1.82, 2.24) is 5.32 Å². The van der Waals surface area contributed by atoms with E-state index in [9.17, 15) is 9.59 Å². The fourth-order valence-electron chi connectivity index (χ4n) is 2.75. The topological polar surface area (TPSA) is 89.8 Å². The maximum absolute atomic E-state index is 12.6. The number of ether oxygens (including phenoxy) is 2. The van der Waals surface area contributed by atoms with Gasteiger partial charge in [0.25, 0.3) is 11.8 Å². The van der Waals surface area contributed by atoms with E-state index in [0.717, 1.165) is 5.76 Å². The molecule has 0 radical (unpaired) electrons. The summed E-state index contributed by atoms with van der Waals surface area (Å²) in [5, 5.41) is 5.74. The van der Waals surface area contributed by atoms with Gasteiger partial charge in [-0.15, -0.1) is 11.8 Å². The normalized spacial score (nSPS) is 13.7. The minimum Gasteiger partial charge on any atom is -0.496 e. The first-order valence-corrected chi connectivity index (χ1v) is 10.2. The molecular weight excluding hydrogens is 416 g/mol. The lowest BCUT2D eigenvalue weighted by atomic mass is 10.1. The first-order valence-electron chi connectivity index (χ1n) is 8.88. The van der Waals surface area contributed by atoms with Crippen LogP contribution >= 0.6 is 23.4 Å². The van der Waals surface area contributed by atoms with Crippen LogP contribution in [0.1, 0.15) is 28.8 Å². The highest BCUT2D eigenvalue weighted by Gasteiger charge is 2.22. The number of thioether (sulfide) groups is 1. The first-order chi connectivity index (χ1) is 13.9. The predicted octanol–water partition coefficient (Wildman–Crippen LogP) is 4.11. The van der Waals surface area contributed by atoms with E-state index in [-0.39, 0.29) is 34.7 Å². The molecule has 0 spiro atoms. The summed E-state index contributed by atoms with van der Waals surface area (Å²) in [7, 11) is 1.44. The number of halogens is 1. The Hall–Kier alpha value is -2.58. The highest BCUT2D eigenvalue weighted by Crippen LogP contribution is 2.33. The lowest BCUT2D eigenvalue weighted by Crippen LogP contribution is -2.23. The Morgan fingerprint density at radius 3 is 2.69 bits per heavy atom. The van der Waals surface area contributed by atoms with Crippen molar-refractivity contribution in [3.05, 3.63) is 57.0 Å². The van der Waals surface area contributed by atoms with Gasteiger partial charge in [-0.2, -0.15) is 0 Å². The van der Waals surface area contributed by atoms with Crippen LogP contribution in [0.2, 0.25) is 5.02 Å². The van der Waals surface area contributed by atoms with E-state index >= 15 is 0 Å². The molecule has 0 unspecified atom stereocenters. The van der Waals surface area contributed by atoms with Gasteiger partial charge in [-0.3, -0.25) is 9.59 Å². The number of allylic oxidation sites excluding steroid dienone is 1. The molecule has 2 heterocycles. The Labute approximate surface area is 177 Å². The maximum Gasteiger partial charge on any atom is 0.265 e. The number of methoxy groups -OCH3 is 1. The number of carbonyl (C=O) groups excluding carboxylic acids is 2. The zero-order valence-corrected chi connectivity index (χ0v) is 17.8. The Morgan fingerprint density at radius 2 is 2.03 bits per heavy atom. The van der Waals surface area contributed by atoms with Gasteiger partial charge in [-0.1, -0.05) is 11.6 Å². The van der Waals surface area contributed by atoms with Crippen molar-refractivity contribution in [2.24, 2.45) is 0 Å². The van der Waals surface area contributed by atoms with Crippen LogP contribution in [0.3, 0.4) is 0 Å². The Kier molecular flexibility index (Phi) is 6.76. The van der Waals surface area contributed by atoms with Crippen molar-refractivity contribution in [1.29, 1.82) is 0 Å². The fourth-order valence-corrected chi connectivity index (χ4v) is 3.77. The molecule has 2 amide bonds. The van der Waals surface area contributed by atoms with Crippen molar-refractivity contribution in [2.75, 3.05) is 24.8 Å². The highest BCUT2D eigenvalue weighted by molar-refractivity contribution is 8.04. The zero-order chi connectivity index (χ0) is 21.0. The highest BCUT2D eigenvalue weighted by atomic mass is 35.5. The molecule has 9 heteroatoms. The summed E-state index contributed by atoms with van der Waals surface area (Å²) >= 11 is 7.74. The number of hydrogen-bond acceptors (Lipinski definition) is 6. The molecular formula is C20H21ClN2O5S. The second-order valence-electron chi connectivity index (χ2n) is 6.26. The summed E-state index contributed by atoms with van der Waals surface area (Å²) in [5.74, 6) is 2.28. The van der Waals surface area contributed by atoms with Crippen LogP contribution in [0, 0.1) is 6.92 Å². The first kappa shape index (κ1) is 21.1. The quantitative estimate of drug-likeness (QED) is 0.708. The van der Waals surface area contributed by atoms with E-state index in [1.807, 2.05) is 13.0 Å². The summed E-state index contributed by atoms with van der Waals surface area (Å²) in [4.78, 5) is 25.6. The van der Waals surface area contributed by atoms with E-state index in [1.165, 1.54) is 31.0 Å². The molecule has 0 atom stereocenters. The van der Waals surface area contributed by atoms with E-state index in [4.69, 9.17) is 25.5 Å². The number of hydrogen-bond donors (Lipinski definition) is 2. The summed E-state index contributed by atoms with van der Waals surface area (Å²) in [6.07, 6.45) is 0. The third-order valence-corrected chi connectivity index (χ3v) is 5.62. The third-order valence-electron chi connectivity index (χ3n) is 4.18. The number of aryl methyl sites for hydroxylation is 1. The molecule has 0 fully saturated rings. The second kappa shape index (κ2) is 9.28. The van der Waals surface area contributed by atoms with Gasteiger partial charge in [-0.05, 0) is 32.0 Å². The smallest absolute Gasteiger partial charge is 0.265 e. The second-order valence-corrected chi connectivity index (χ2v) is 7.78. The predicted molar refractivity (Wildman–Crippen MR) is 112 cm³/mol. The number of rotatable bonds is 6. The molecule has 0 saturated carbocycles. The molecule has 0 bridgehead atoms. The SMILES string of the molecule is COc1cc(NC(=O)C2=C(C)OCCS2)c(Cl)cc1C(=O)NCc1ccc(C)o1. The van der Waals surface area contributed by atoms with Gasteiger partial charge >= 0.3 is 0 Å². The van der Waals surface area contributed by atoms with Gasteiger partial charge in [0.2, 0.25) is 0 Å². The van der Waals surface area contributed by atoms with E-state index in [2.05, 4.69) is 10.6 Å². The van der Waals surface area contributed by atoms with E-state index in [0.29, 0.717) is 34.5 Å². The standard InChI is InChI=1S/C20H21ClN2O5S/c1-11-4-5-13(28-11)10-22-19(24)14-8-15(21)16(9-17(14)26-3)23-20(25)18-12(2)27-6-7-29-18/h4-5,8-9H,6-7,10H2,1-3H3,(H,22,24)(H,23,25). The number of anilines is 1. The van der Waals surface area contributed by atoms with Gasteiger partial charge < -0.3 is 24.5 Å². The van der Waals surface area contributed by atoms with Crippen LogP contribution in [0.5, 0.6) is 5.75 Å². The number of benzene rings is 1. The molecule has 1 aliphatic heterocycles. The van der Waals surface area contributed by atoms with Crippen molar-refractivity contribution in [2.45, 2.75) is 20.4 Å². The summed E-state index contributed by atoms with van der Waals surface area (Å²) in [5.41, 5.74) is 0.600. The Balaban J connectivity index is 1.76. The molecule has 1 aromatic heterocycles. The van der Waals surface area contributed by atoms with E-state index in [1.54, 1.807) is 13.0 Å². The van der Waals surface area contributed by atoms with Crippen LogP contribution in [0.25, 0.3) is 0 Å². The minimum atomic E-state index is -0.370. The number of amides is 2. The van der Waals surface area contributed by atoms with Crippen molar-refractivity contribution >= 4 is 40.9 Å². The molecule has 3 rings (SSSR count). The molecule has 1 aromatic carbocycles. The molecule has 0 aliphatic carbocycles. The lowest BCUT2D eigenvalue weighted by Gasteiger charge is -2.18. The number of furan rings is 1. The largest absolute Gasteiger partial charge is 0.496 e. The lowest BCUT2D eigenvalue weighted by molar-refractivity contribution is -0.112. The summed E-state index contributed by atoms with van der Waals surface area (Å²) in [6, 6.07) is 6.60. The Morgan fingerprint density at radius 1 is 1.24 bits per heavy atom. The molecule has 0 saturated heterocycles. The minimum absolute atomic E-state index is 0.220. The van der Waals surface area contributed by atoms with Gasteiger partial charge in [0.15, 0.2) is 0 Å². The molecule has 29 heavy (non-hydrogen) atoms. The summed E-state index contributed by atoms with van der Waals surface area (Å²) in [6.45, 7) is 4.38. The van der Waals surface area contributed by atoms with Crippen molar-refractivity contribution in [3.63, 3.8) is 0 Å². The summed E-state index contributed by atoms with van der Waals surface area (Å²) < 4.78 is 16.2. The average molecular weight is 437 g/mol. The number of carbonyl (C=O) groups is 2. The zero-order valence-electron chi connectivity index (χ0n) is 16.3. The van der Waals surface area contributed by atoms with E-state index < -0.39 is 0 Å². The average Bonchev–Trinajstić information content (AvgIpc) is 3.12. The van der Waals surface area contributed by atoms with Crippen LogP contribution < -0.4 is 15.4 Å². The van der Waals surface area contributed by atoms with Gasteiger partial charge in [0.05, 0.1) is 36.5 Å². The molecule has 7 nitrogen and oxygen atoms in total. The molecule has 2 N–H and O–H groups in total. The maximum atomic E-state index is 12.6. The molecule has 154 valence electrons. The van der Waals surface area contributed by atoms with Crippen LogP contribution in [-0.2, 0) is 16.1 Å². The molecule has 1 aliphatic rings. The van der Waals surface area contributed by atoms with Gasteiger partial charge in [0.1, 0.15) is 27.9 Å². The monoisotopic (exact) mass is 436 g/mol. The van der Waals surface area contributed by atoms with Gasteiger partial charge in [-0.25, -0.2) is 0 Å². The van der Waals surface area contributed by atoms with Crippen LogP contribution in [0.15, 0.2) is 39.3 Å². The fraction of sp³-hybridized carbons (Fsp3) is 0.300. The van der Waals surface area contributed by atoms with Crippen molar-refractivity contribution in [3.8, 4) is 5.75 Å². The van der Waals surface area contributed by atoms with Crippen LogP contribution in [0.4, 0.5) is 5.69 Å². The number of nitrogens with one attached hydrogen (secondary N) is 2. The van der Waals surface area contributed by atoms with Gasteiger partial charge in [0, 0.05) is 11.8 Å². The van der Waals surface area contributed by atoms with Crippen molar-refractivity contribution < 1.29 is 23.5 Å². The van der Waals surface area contributed by atoms with Crippen LogP contribution in [-0.4, -0.2) is 31.3 Å². The Bertz CT molecular complexity index is 970.